The lowest BCUT2D eigenvalue weighted by atomic mass is 10.1. The Morgan fingerprint density at radius 1 is 1.09 bits per heavy atom. The number of nitrogens with zero attached hydrogens (tertiary/aromatic N) is 2. The molecule has 1 atom stereocenters. The Morgan fingerprint density at radius 3 is 2.22 bits per heavy atom. The number of hydrogen-bond donors (Lipinski definition) is 1. The van der Waals surface area contributed by atoms with Crippen molar-refractivity contribution in [2.75, 3.05) is 31.2 Å². The van der Waals surface area contributed by atoms with Gasteiger partial charge in [-0.05, 0) is 52.2 Å². The summed E-state index contributed by atoms with van der Waals surface area (Å²) in [4.78, 5) is 29.0. The van der Waals surface area contributed by atoms with Crippen molar-refractivity contribution in [2.24, 2.45) is 0 Å². The SMILES string of the molecule is CCOP(=O)(OCC)C(C)n1c(=O)c(=O)[nH]c2cc(C(F)(F)F)c(N3CCCCC3)cc21. The van der Waals surface area contributed by atoms with Crippen LogP contribution in [0.3, 0.4) is 0 Å². The van der Waals surface area contributed by atoms with Crippen LogP contribution in [0.1, 0.15) is 51.4 Å². The van der Waals surface area contributed by atoms with Crippen LogP contribution in [0, 0.1) is 0 Å². The van der Waals surface area contributed by atoms with E-state index in [1.165, 1.54) is 13.0 Å². The number of H-pyrrole nitrogens is 1. The summed E-state index contributed by atoms with van der Waals surface area (Å²) in [6, 6.07) is 2.06. The minimum absolute atomic E-state index is 0.0226. The van der Waals surface area contributed by atoms with E-state index in [1.54, 1.807) is 18.7 Å². The van der Waals surface area contributed by atoms with E-state index in [9.17, 15) is 27.3 Å². The largest absolute Gasteiger partial charge is 0.418 e. The van der Waals surface area contributed by atoms with Crippen LogP contribution >= 0.6 is 7.60 Å². The fourth-order valence-electron chi connectivity index (χ4n) is 4.02. The van der Waals surface area contributed by atoms with Crippen molar-refractivity contribution in [1.29, 1.82) is 0 Å². The summed E-state index contributed by atoms with van der Waals surface area (Å²) in [5, 5.41) is 0. The fraction of sp³-hybridized carbons (Fsp3) is 0.600. The predicted octanol–water partition coefficient (Wildman–Crippen LogP) is 4.48. The minimum Gasteiger partial charge on any atom is -0.371 e. The highest BCUT2D eigenvalue weighted by Gasteiger charge is 2.38. The Morgan fingerprint density at radius 2 is 1.69 bits per heavy atom. The maximum atomic E-state index is 13.9. The third-order valence-corrected chi connectivity index (χ3v) is 7.87. The molecule has 3 rings (SSSR count). The Bertz CT molecular complexity index is 1130. The minimum atomic E-state index is -4.67. The van der Waals surface area contributed by atoms with Crippen molar-refractivity contribution in [3.63, 3.8) is 0 Å². The highest BCUT2D eigenvalue weighted by atomic mass is 31.2. The van der Waals surface area contributed by atoms with Gasteiger partial charge in [-0.15, -0.1) is 0 Å². The average molecular weight is 477 g/mol. The molecule has 0 radical (unpaired) electrons. The molecule has 32 heavy (non-hydrogen) atoms. The summed E-state index contributed by atoms with van der Waals surface area (Å²) < 4.78 is 66.6. The van der Waals surface area contributed by atoms with Crippen molar-refractivity contribution in [2.45, 2.75) is 52.0 Å². The Labute approximate surface area is 182 Å². The molecule has 0 spiro atoms. The van der Waals surface area contributed by atoms with E-state index in [4.69, 9.17) is 9.05 Å². The molecule has 1 aromatic heterocycles. The van der Waals surface area contributed by atoms with E-state index in [1.807, 2.05) is 0 Å². The van der Waals surface area contributed by atoms with E-state index >= 15 is 0 Å². The molecule has 2 heterocycles. The highest BCUT2D eigenvalue weighted by Crippen LogP contribution is 2.58. The fourth-order valence-corrected chi connectivity index (χ4v) is 5.76. The van der Waals surface area contributed by atoms with Gasteiger partial charge in [0.1, 0.15) is 5.78 Å². The average Bonchev–Trinajstić information content (AvgIpc) is 2.74. The molecule has 178 valence electrons. The second-order valence-corrected chi connectivity index (χ2v) is 9.91. The number of aromatic amines is 1. The summed E-state index contributed by atoms with van der Waals surface area (Å²) in [6.07, 6.45) is -2.26. The Hall–Kier alpha value is -2.10. The lowest BCUT2D eigenvalue weighted by molar-refractivity contribution is -0.137. The van der Waals surface area contributed by atoms with Gasteiger partial charge in [0.15, 0.2) is 0 Å². The molecule has 1 N–H and O–H groups in total. The molecule has 1 saturated heterocycles. The molecule has 1 aromatic carbocycles. The van der Waals surface area contributed by atoms with Crippen molar-refractivity contribution in [3.05, 3.63) is 38.4 Å². The molecule has 12 heteroatoms. The van der Waals surface area contributed by atoms with Gasteiger partial charge in [-0.3, -0.25) is 18.7 Å². The van der Waals surface area contributed by atoms with Crippen LogP contribution in [0.2, 0.25) is 0 Å². The van der Waals surface area contributed by atoms with Crippen molar-refractivity contribution in [3.8, 4) is 0 Å². The Balaban J connectivity index is 2.33. The van der Waals surface area contributed by atoms with E-state index in [0.717, 1.165) is 29.9 Å². The zero-order chi connectivity index (χ0) is 23.7. The summed E-state index contributed by atoms with van der Waals surface area (Å²) in [5.74, 6) is -1.23. The topological polar surface area (TPSA) is 93.6 Å². The van der Waals surface area contributed by atoms with Gasteiger partial charge in [0.25, 0.3) is 0 Å². The first-order valence-corrected chi connectivity index (χ1v) is 12.2. The van der Waals surface area contributed by atoms with Crippen LogP contribution in [0.4, 0.5) is 18.9 Å². The molecule has 2 aromatic rings. The molecule has 8 nitrogen and oxygen atoms in total. The molecule has 0 aliphatic carbocycles. The van der Waals surface area contributed by atoms with Gasteiger partial charge >= 0.3 is 24.9 Å². The quantitative estimate of drug-likeness (QED) is 0.467. The number of fused-ring (bicyclic) bond motifs is 1. The van der Waals surface area contributed by atoms with Crippen LogP contribution in [-0.2, 0) is 19.8 Å². The van der Waals surface area contributed by atoms with Crippen molar-refractivity contribution < 1.29 is 26.8 Å². The third kappa shape index (κ3) is 4.65. The molecular weight excluding hydrogens is 450 g/mol. The van der Waals surface area contributed by atoms with Crippen molar-refractivity contribution in [1.82, 2.24) is 9.55 Å². The number of benzene rings is 1. The van der Waals surface area contributed by atoms with Crippen LogP contribution in [0.15, 0.2) is 21.7 Å². The van der Waals surface area contributed by atoms with Crippen LogP contribution in [0.5, 0.6) is 0 Å². The zero-order valence-corrected chi connectivity index (χ0v) is 19.1. The standard InChI is InChI=1S/C20H27F3N3O5P/c1-4-30-32(29,31-5-2)13(3)26-17-12-16(25-9-7-6-8-10-25)14(20(21,22)23)11-15(17)24-18(27)19(26)28/h11-13H,4-10H2,1-3H3,(H,24,27). The van der Waals surface area contributed by atoms with Crippen LogP contribution < -0.4 is 16.0 Å². The first kappa shape index (κ1) is 24.5. The van der Waals surface area contributed by atoms with E-state index < -0.39 is 36.2 Å². The van der Waals surface area contributed by atoms with Gasteiger partial charge in [0.05, 0.1) is 35.5 Å². The Kier molecular flexibility index (Phi) is 7.21. The highest BCUT2D eigenvalue weighted by molar-refractivity contribution is 7.53. The molecule has 1 aliphatic rings. The monoisotopic (exact) mass is 477 g/mol. The molecule has 0 saturated carbocycles. The van der Waals surface area contributed by atoms with E-state index in [0.29, 0.717) is 13.1 Å². The summed E-state index contributed by atoms with van der Waals surface area (Å²) in [7, 11) is -3.90. The third-order valence-electron chi connectivity index (χ3n) is 5.49. The predicted molar refractivity (Wildman–Crippen MR) is 115 cm³/mol. The molecule has 1 aliphatic heterocycles. The number of rotatable bonds is 7. The van der Waals surface area contributed by atoms with Gasteiger partial charge < -0.3 is 18.9 Å². The molecule has 1 unspecified atom stereocenters. The zero-order valence-electron chi connectivity index (χ0n) is 18.2. The molecule has 1 fully saturated rings. The number of anilines is 1. The molecule has 0 bridgehead atoms. The van der Waals surface area contributed by atoms with Gasteiger partial charge in [-0.2, -0.15) is 13.2 Å². The molecular formula is C20H27F3N3O5P. The first-order chi connectivity index (χ1) is 15.0. The summed E-state index contributed by atoms with van der Waals surface area (Å²) in [5.41, 5.74) is -3.32. The van der Waals surface area contributed by atoms with Gasteiger partial charge in [-0.25, -0.2) is 0 Å². The van der Waals surface area contributed by atoms with E-state index in [-0.39, 0.29) is 29.9 Å². The normalized spacial score (nSPS) is 16.5. The van der Waals surface area contributed by atoms with Gasteiger partial charge in [0.2, 0.25) is 0 Å². The van der Waals surface area contributed by atoms with Crippen LogP contribution in [0.25, 0.3) is 11.0 Å². The summed E-state index contributed by atoms with van der Waals surface area (Å²) >= 11 is 0. The number of hydrogen-bond acceptors (Lipinski definition) is 6. The lowest BCUT2D eigenvalue weighted by Crippen LogP contribution is -2.38. The maximum Gasteiger partial charge on any atom is 0.418 e. The van der Waals surface area contributed by atoms with Gasteiger partial charge in [0, 0.05) is 13.1 Å². The van der Waals surface area contributed by atoms with E-state index in [2.05, 4.69) is 4.98 Å². The number of halogens is 3. The smallest absolute Gasteiger partial charge is 0.371 e. The van der Waals surface area contributed by atoms with Gasteiger partial charge in [-0.1, -0.05) is 0 Å². The second kappa shape index (κ2) is 9.41. The number of nitrogens with one attached hydrogen (secondary N) is 1. The number of piperidine rings is 1. The van der Waals surface area contributed by atoms with Crippen LogP contribution in [-0.4, -0.2) is 35.9 Å². The maximum absolute atomic E-state index is 13.9. The first-order valence-electron chi connectivity index (χ1n) is 10.6. The summed E-state index contributed by atoms with van der Waals surface area (Å²) in [6.45, 7) is 5.51. The lowest BCUT2D eigenvalue weighted by Gasteiger charge is -2.32. The van der Waals surface area contributed by atoms with Crippen molar-refractivity contribution >= 4 is 24.3 Å². The number of aromatic nitrogens is 2. The molecule has 0 amide bonds. The second-order valence-electron chi connectivity index (χ2n) is 7.57. The number of alkyl halides is 3.